The van der Waals surface area contributed by atoms with Crippen LogP contribution in [0.5, 0.6) is 0 Å². The second-order valence-corrected chi connectivity index (χ2v) is 3.94. The summed E-state index contributed by atoms with van der Waals surface area (Å²) in [6.07, 6.45) is 1.79. The highest BCUT2D eigenvalue weighted by molar-refractivity contribution is 6.06. The summed E-state index contributed by atoms with van der Waals surface area (Å²) < 4.78 is 6.74. The summed E-state index contributed by atoms with van der Waals surface area (Å²) in [6, 6.07) is 7.74. The predicted octanol–water partition coefficient (Wildman–Crippen LogP) is 1.49. The van der Waals surface area contributed by atoms with Crippen molar-refractivity contribution in [1.29, 1.82) is 0 Å². The molecule has 18 heavy (non-hydrogen) atoms. The summed E-state index contributed by atoms with van der Waals surface area (Å²) >= 11 is 0. The van der Waals surface area contributed by atoms with Gasteiger partial charge in [0.15, 0.2) is 0 Å². The van der Waals surface area contributed by atoms with Crippen LogP contribution in [0.15, 0.2) is 30.5 Å². The van der Waals surface area contributed by atoms with Gasteiger partial charge in [0, 0.05) is 31.3 Å². The average Bonchev–Trinajstić information content (AvgIpc) is 2.73. The number of carbonyl (C=O) groups excluding carboxylic acids is 1. The van der Waals surface area contributed by atoms with E-state index in [-0.39, 0.29) is 5.91 Å². The van der Waals surface area contributed by atoms with E-state index >= 15 is 0 Å². The molecule has 0 unspecified atom stereocenters. The molecule has 0 saturated carbocycles. The van der Waals surface area contributed by atoms with Crippen molar-refractivity contribution in [2.24, 2.45) is 7.05 Å². The molecule has 1 heterocycles. The van der Waals surface area contributed by atoms with Crippen LogP contribution >= 0.6 is 0 Å². The number of nitrogens with zero attached hydrogens (tertiary/aromatic N) is 1. The van der Waals surface area contributed by atoms with E-state index in [9.17, 15) is 4.79 Å². The highest BCUT2D eigenvalue weighted by Gasteiger charge is 2.13. The summed E-state index contributed by atoms with van der Waals surface area (Å²) in [5.74, 6) is -0.247. The molecule has 0 bridgehead atoms. The van der Waals surface area contributed by atoms with Gasteiger partial charge in [-0.2, -0.15) is 0 Å². The number of para-hydroxylation sites is 1. The SMILES string of the molecule is COCCONC(=O)c1cn(C)c2ccccc12. The highest BCUT2D eigenvalue weighted by Crippen LogP contribution is 2.19. The number of aryl methyl sites for hydroxylation is 1. The van der Waals surface area contributed by atoms with Crippen molar-refractivity contribution in [2.45, 2.75) is 0 Å². The van der Waals surface area contributed by atoms with Crippen LogP contribution in [0, 0.1) is 0 Å². The number of carbonyl (C=O) groups is 1. The van der Waals surface area contributed by atoms with Crippen molar-refractivity contribution in [3.8, 4) is 0 Å². The zero-order chi connectivity index (χ0) is 13.0. The Kier molecular flexibility index (Phi) is 3.96. The standard InChI is InChI=1S/C13H16N2O3/c1-15-9-11(10-5-3-4-6-12(10)15)13(16)14-18-8-7-17-2/h3-6,9H,7-8H2,1-2H3,(H,14,16). The van der Waals surface area contributed by atoms with Crippen LogP contribution in [0.1, 0.15) is 10.4 Å². The van der Waals surface area contributed by atoms with Crippen LogP contribution in [-0.2, 0) is 16.6 Å². The Labute approximate surface area is 105 Å². The normalized spacial score (nSPS) is 10.8. The molecule has 0 atom stereocenters. The average molecular weight is 248 g/mol. The largest absolute Gasteiger partial charge is 0.382 e. The molecule has 1 aromatic heterocycles. The molecule has 2 aromatic rings. The first-order valence-electron chi connectivity index (χ1n) is 5.69. The number of fused-ring (bicyclic) bond motifs is 1. The second-order valence-electron chi connectivity index (χ2n) is 3.94. The first-order chi connectivity index (χ1) is 8.74. The summed E-state index contributed by atoms with van der Waals surface area (Å²) in [4.78, 5) is 17.0. The topological polar surface area (TPSA) is 52.5 Å². The fourth-order valence-electron chi connectivity index (χ4n) is 1.82. The van der Waals surface area contributed by atoms with Gasteiger partial charge >= 0.3 is 0 Å². The first-order valence-corrected chi connectivity index (χ1v) is 5.69. The van der Waals surface area contributed by atoms with Crippen LogP contribution in [-0.4, -0.2) is 30.8 Å². The van der Waals surface area contributed by atoms with E-state index in [1.54, 1.807) is 13.3 Å². The number of benzene rings is 1. The van der Waals surface area contributed by atoms with E-state index in [1.807, 2.05) is 35.9 Å². The Hall–Kier alpha value is -1.85. The van der Waals surface area contributed by atoms with E-state index in [0.29, 0.717) is 18.8 Å². The Balaban J connectivity index is 2.13. The van der Waals surface area contributed by atoms with Crippen LogP contribution < -0.4 is 5.48 Å². The quantitative estimate of drug-likeness (QED) is 0.644. The van der Waals surface area contributed by atoms with Crippen molar-refractivity contribution in [1.82, 2.24) is 10.0 Å². The molecule has 1 N–H and O–H groups in total. The maximum absolute atomic E-state index is 11.9. The number of methoxy groups -OCH3 is 1. The lowest BCUT2D eigenvalue weighted by atomic mass is 10.2. The number of nitrogens with one attached hydrogen (secondary N) is 1. The highest BCUT2D eigenvalue weighted by atomic mass is 16.7. The molecule has 0 radical (unpaired) electrons. The second kappa shape index (κ2) is 5.66. The Morgan fingerprint density at radius 2 is 2.11 bits per heavy atom. The van der Waals surface area contributed by atoms with E-state index < -0.39 is 0 Å². The van der Waals surface area contributed by atoms with Gasteiger partial charge in [0.05, 0.1) is 18.8 Å². The number of hydroxylamine groups is 1. The minimum absolute atomic E-state index is 0.247. The molecule has 5 heteroatoms. The molecule has 0 saturated heterocycles. The van der Waals surface area contributed by atoms with Gasteiger partial charge in [-0.05, 0) is 6.07 Å². The number of hydrogen-bond donors (Lipinski definition) is 1. The van der Waals surface area contributed by atoms with E-state index in [4.69, 9.17) is 9.57 Å². The van der Waals surface area contributed by atoms with Crippen molar-refractivity contribution < 1.29 is 14.4 Å². The van der Waals surface area contributed by atoms with Gasteiger partial charge < -0.3 is 9.30 Å². The molecule has 5 nitrogen and oxygen atoms in total. The lowest BCUT2D eigenvalue weighted by Crippen LogP contribution is -2.25. The van der Waals surface area contributed by atoms with Gasteiger partial charge in [0.2, 0.25) is 0 Å². The third-order valence-corrected chi connectivity index (χ3v) is 2.70. The van der Waals surface area contributed by atoms with Crippen LogP contribution in [0.25, 0.3) is 10.9 Å². The smallest absolute Gasteiger partial charge is 0.277 e. The first kappa shape index (κ1) is 12.6. The number of amides is 1. The number of aromatic nitrogens is 1. The minimum Gasteiger partial charge on any atom is -0.382 e. The minimum atomic E-state index is -0.247. The molecule has 0 aliphatic carbocycles. The molecule has 0 fully saturated rings. The molecule has 96 valence electrons. The third-order valence-electron chi connectivity index (χ3n) is 2.70. The molecule has 0 spiro atoms. The van der Waals surface area contributed by atoms with Crippen LogP contribution in [0.3, 0.4) is 0 Å². The summed E-state index contributed by atoms with van der Waals surface area (Å²) in [6.45, 7) is 0.767. The molecule has 0 aliphatic heterocycles. The fraction of sp³-hybridized carbons (Fsp3) is 0.308. The van der Waals surface area contributed by atoms with Crippen molar-refractivity contribution in [2.75, 3.05) is 20.3 Å². The van der Waals surface area contributed by atoms with E-state index in [1.165, 1.54) is 0 Å². The summed E-state index contributed by atoms with van der Waals surface area (Å²) in [5, 5.41) is 0.910. The van der Waals surface area contributed by atoms with E-state index in [0.717, 1.165) is 10.9 Å². The summed E-state index contributed by atoms with van der Waals surface area (Å²) in [7, 11) is 3.49. The van der Waals surface area contributed by atoms with Crippen molar-refractivity contribution in [3.63, 3.8) is 0 Å². The van der Waals surface area contributed by atoms with Crippen molar-refractivity contribution >= 4 is 16.8 Å². The van der Waals surface area contributed by atoms with Gasteiger partial charge in [-0.1, -0.05) is 18.2 Å². The molecular weight excluding hydrogens is 232 g/mol. The molecular formula is C13H16N2O3. The molecule has 1 aromatic carbocycles. The van der Waals surface area contributed by atoms with Gasteiger partial charge in [-0.25, -0.2) is 5.48 Å². The molecule has 0 aliphatic rings. The van der Waals surface area contributed by atoms with Gasteiger partial charge in [-0.3, -0.25) is 9.63 Å². The monoisotopic (exact) mass is 248 g/mol. The Morgan fingerprint density at radius 1 is 1.33 bits per heavy atom. The Morgan fingerprint density at radius 3 is 2.89 bits per heavy atom. The fourth-order valence-corrected chi connectivity index (χ4v) is 1.82. The zero-order valence-corrected chi connectivity index (χ0v) is 10.5. The number of hydrogen-bond acceptors (Lipinski definition) is 3. The van der Waals surface area contributed by atoms with Crippen LogP contribution in [0.2, 0.25) is 0 Å². The maximum Gasteiger partial charge on any atom is 0.277 e. The third kappa shape index (κ3) is 2.52. The van der Waals surface area contributed by atoms with E-state index in [2.05, 4.69) is 5.48 Å². The lowest BCUT2D eigenvalue weighted by Gasteiger charge is -2.04. The molecule has 2 rings (SSSR count). The summed E-state index contributed by atoms with van der Waals surface area (Å²) in [5.41, 5.74) is 4.02. The molecule has 1 amide bonds. The Bertz CT molecular complexity index is 548. The number of ether oxygens (including phenoxy) is 1. The van der Waals surface area contributed by atoms with Gasteiger partial charge in [0.25, 0.3) is 5.91 Å². The number of rotatable bonds is 5. The maximum atomic E-state index is 11.9. The van der Waals surface area contributed by atoms with Gasteiger partial charge in [0.1, 0.15) is 0 Å². The predicted molar refractivity (Wildman–Crippen MR) is 68.2 cm³/mol. The van der Waals surface area contributed by atoms with Crippen molar-refractivity contribution in [3.05, 3.63) is 36.0 Å². The van der Waals surface area contributed by atoms with Crippen LogP contribution in [0.4, 0.5) is 0 Å². The van der Waals surface area contributed by atoms with Gasteiger partial charge in [-0.15, -0.1) is 0 Å². The lowest BCUT2D eigenvalue weighted by molar-refractivity contribution is 0.00898. The zero-order valence-electron chi connectivity index (χ0n) is 10.5.